The molecule has 30 heavy (non-hydrogen) atoms. The molecule has 1 heteroatoms. The van der Waals surface area contributed by atoms with Crippen LogP contribution in [0, 0.1) is 5.92 Å². The van der Waals surface area contributed by atoms with Crippen LogP contribution in [0.15, 0.2) is 38.5 Å². The second kappa shape index (κ2) is 12.5. The molecular formula is C29H46S. The van der Waals surface area contributed by atoms with Gasteiger partial charge in [-0.2, -0.15) is 0 Å². The monoisotopic (exact) mass is 426 g/mol. The van der Waals surface area contributed by atoms with E-state index in [1.807, 2.05) is 23.5 Å². The van der Waals surface area contributed by atoms with Crippen LogP contribution in [0.4, 0.5) is 0 Å². The van der Waals surface area contributed by atoms with E-state index < -0.39 is 0 Å². The predicted octanol–water partition coefficient (Wildman–Crippen LogP) is 10.3. The predicted molar refractivity (Wildman–Crippen MR) is 142 cm³/mol. The fraction of sp³-hybridized carbons (Fsp3) is 0.586. The molecule has 0 nitrogen and oxygen atoms in total. The Morgan fingerprint density at radius 2 is 1.40 bits per heavy atom. The van der Waals surface area contributed by atoms with Crippen LogP contribution < -0.4 is 0 Å². The van der Waals surface area contributed by atoms with Crippen LogP contribution in [0.1, 0.15) is 120 Å². The van der Waals surface area contributed by atoms with Gasteiger partial charge >= 0.3 is 0 Å². The summed E-state index contributed by atoms with van der Waals surface area (Å²) in [6.45, 7) is 30.7. The van der Waals surface area contributed by atoms with Gasteiger partial charge in [-0.05, 0) is 85.0 Å². The maximum atomic E-state index is 4.73. The SMILES string of the molecule is C=CCCCCC(CCCCC=C)C(=C)c1c(C(C)C)sc(C(C)(C)C)c1C(=C)C. The Balaban J connectivity index is 3.36. The van der Waals surface area contributed by atoms with Gasteiger partial charge in [-0.1, -0.05) is 72.8 Å². The molecule has 0 unspecified atom stereocenters. The van der Waals surface area contributed by atoms with Gasteiger partial charge in [-0.15, -0.1) is 24.5 Å². The highest BCUT2D eigenvalue weighted by atomic mass is 32.1. The molecule has 0 aliphatic heterocycles. The Hall–Kier alpha value is -1.34. The molecule has 0 atom stereocenters. The van der Waals surface area contributed by atoms with E-state index in [1.165, 1.54) is 70.6 Å². The molecule has 0 radical (unpaired) electrons. The first-order valence-electron chi connectivity index (χ1n) is 11.8. The van der Waals surface area contributed by atoms with Crippen molar-refractivity contribution in [2.75, 3.05) is 0 Å². The van der Waals surface area contributed by atoms with Gasteiger partial charge in [0.25, 0.3) is 0 Å². The fourth-order valence-corrected chi connectivity index (χ4v) is 5.64. The third kappa shape index (κ3) is 7.41. The Morgan fingerprint density at radius 3 is 1.77 bits per heavy atom. The van der Waals surface area contributed by atoms with Crippen molar-refractivity contribution in [2.24, 2.45) is 5.92 Å². The molecule has 0 saturated heterocycles. The molecule has 1 aromatic heterocycles. The van der Waals surface area contributed by atoms with E-state index >= 15 is 0 Å². The number of hydrogen-bond acceptors (Lipinski definition) is 1. The zero-order chi connectivity index (χ0) is 22.9. The summed E-state index contributed by atoms with van der Waals surface area (Å²) in [6.07, 6.45) is 13.7. The van der Waals surface area contributed by atoms with Crippen molar-refractivity contribution in [3.8, 4) is 0 Å². The van der Waals surface area contributed by atoms with Crippen molar-refractivity contribution in [1.82, 2.24) is 0 Å². The summed E-state index contributed by atoms with van der Waals surface area (Å²) in [7, 11) is 0. The van der Waals surface area contributed by atoms with Gasteiger partial charge in [-0.25, -0.2) is 0 Å². The van der Waals surface area contributed by atoms with Crippen LogP contribution in [0.5, 0.6) is 0 Å². The van der Waals surface area contributed by atoms with Crippen LogP contribution in [-0.2, 0) is 5.41 Å². The van der Waals surface area contributed by atoms with Gasteiger partial charge < -0.3 is 0 Å². The Bertz CT molecular complexity index is 704. The number of allylic oxidation sites excluding steroid dienone is 4. The minimum absolute atomic E-state index is 0.116. The molecule has 1 rings (SSSR count). The van der Waals surface area contributed by atoms with E-state index in [0.717, 1.165) is 12.8 Å². The van der Waals surface area contributed by atoms with E-state index in [-0.39, 0.29) is 5.41 Å². The smallest absolute Gasteiger partial charge is 0.0183 e. The van der Waals surface area contributed by atoms with E-state index in [1.54, 1.807) is 0 Å². The minimum atomic E-state index is 0.116. The maximum Gasteiger partial charge on any atom is 0.0183 e. The zero-order valence-corrected chi connectivity index (χ0v) is 21.5. The highest BCUT2D eigenvalue weighted by Gasteiger charge is 2.30. The number of thiophene rings is 1. The lowest BCUT2D eigenvalue weighted by atomic mass is 9.80. The van der Waals surface area contributed by atoms with Crippen LogP contribution >= 0.6 is 11.3 Å². The summed E-state index contributed by atoms with van der Waals surface area (Å²) in [6, 6.07) is 0. The summed E-state index contributed by atoms with van der Waals surface area (Å²) in [5, 5.41) is 0. The Kier molecular flexibility index (Phi) is 11.1. The molecule has 0 amide bonds. The topological polar surface area (TPSA) is 0 Å². The van der Waals surface area contributed by atoms with E-state index in [0.29, 0.717) is 11.8 Å². The van der Waals surface area contributed by atoms with Crippen LogP contribution in [0.2, 0.25) is 0 Å². The molecule has 0 spiro atoms. The van der Waals surface area contributed by atoms with Crippen molar-refractivity contribution in [3.63, 3.8) is 0 Å². The van der Waals surface area contributed by atoms with Gasteiger partial charge in [0.2, 0.25) is 0 Å². The van der Waals surface area contributed by atoms with Crippen molar-refractivity contribution < 1.29 is 0 Å². The van der Waals surface area contributed by atoms with Gasteiger partial charge in [0.05, 0.1) is 0 Å². The summed E-state index contributed by atoms with van der Waals surface area (Å²) in [4.78, 5) is 2.96. The second-order valence-electron chi connectivity index (χ2n) is 10.1. The summed E-state index contributed by atoms with van der Waals surface area (Å²) < 4.78 is 0. The standard InChI is InChI=1S/C29H46S/c1-11-13-15-17-19-24(20-18-16-14-12-2)23(7)26-25(21(3)4)28(29(8,9)10)30-27(26)22(5)6/h11-12,22,24H,1-3,7,13-20H2,4-6,8-10H3. The first kappa shape index (κ1) is 26.7. The largest absolute Gasteiger partial charge is 0.143 e. The molecule has 1 heterocycles. The van der Waals surface area contributed by atoms with Gasteiger partial charge in [-0.3, -0.25) is 0 Å². The first-order valence-corrected chi connectivity index (χ1v) is 12.6. The summed E-state index contributed by atoms with van der Waals surface area (Å²) >= 11 is 1.99. The van der Waals surface area contributed by atoms with Crippen LogP contribution in [0.3, 0.4) is 0 Å². The fourth-order valence-electron chi connectivity index (χ4n) is 4.17. The normalized spacial score (nSPS) is 11.9. The minimum Gasteiger partial charge on any atom is -0.143 e. The average Bonchev–Trinajstić information content (AvgIpc) is 3.08. The average molecular weight is 427 g/mol. The highest BCUT2D eigenvalue weighted by Crippen LogP contribution is 2.48. The lowest BCUT2D eigenvalue weighted by Gasteiger charge is -2.24. The molecule has 1 aromatic rings. The van der Waals surface area contributed by atoms with Gasteiger partial charge in [0.15, 0.2) is 0 Å². The molecule has 0 N–H and O–H groups in total. The molecule has 168 valence electrons. The molecule has 0 saturated carbocycles. The van der Waals surface area contributed by atoms with Crippen molar-refractivity contribution in [3.05, 3.63) is 59.3 Å². The zero-order valence-electron chi connectivity index (χ0n) is 20.7. The van der Waals surface area contributed by atoms with E-state index in [9.17, 15) is 0 Å². The Morgan fingerprint density at radius 1 is 0.900 bits per heavy atom. The molecule has 0 fully saturated rings. The van der Waals surface area contributed by atoms with Crippen molar-refractivity contribution in [1.29, 1.82) is 0 Å². The summed E-state index contributed by atoms with van der Waals surface area (Å²) in [5.41, 5.74) is 5.44. The van der Waals surface area contributed by atoms with Crippen molar-refractivity contribution >= 4 is 22.5 Å². The molecule has 0 aliphatic rings. The third-order valence-electron chi connectivity index (χ3n) is 5.80. The lowest BCUT2D eigenvalue weighted by molar-refractivity contribution is 0.499. The number of rotatable bonds is 14. The van der Waals surface area contributed by atoms with E-state index in [4.69, 9.17) is 6.58 Å². The first-order chi connectivity index (χ1) is 14.1. The number of unbranched alkanes of at least 4 members (excludes halogenated alkanes) is 4. The van der Waals surface area contributed by atoms with Crippen LogP contribution in [-0.4, -0.2) is 0 Å². The third-order valence-corrected chi connectivity index (χ3v) is 7.72. The molecule has 0 aliphatic carbocycles. The maximum absolute atomic E-state index is 4.73. The molecular weight excluding hydrogens is 380 g/mol. The lowest BCUT2D eigenvalue weighted by Crippen LogP contribution is -2.12. The van der Waals surface area contributed by atoms with Gasteiger partial charge in [0, 0.05) is 9.75 Å². The quantitative estimate of drug-likeness (QED) is 0.205. The van der Waals surface area contributed by atoms with Crippen LogP contribution in [0.25, 0.3) is 11.1 Å². The van der Waals surface area contributed by atoms with E-state index in [2.05, 4.69) is 61.3 Å². The van der Waals surface area contributed by atoms with Gasteiger partial charge in [0.1, 0.15) is 0 Å². The second-order valence-corrected chi connectivity index (χ2v) is 11.2. The van der Waals surface area contributed by atoms with Crippen molar-refractivity contribution in [2.45, 2.75) is 104 Å². The summed E-state index contributed by atoms with van der Waals surface area (Å²) in [5.74, 6) is 1.04. The number of hydrogen-bond donors (Lipinski definition) is 0. The molecule has 0 aromatic carbocycles. The molecule has 0 bridgehead atoms. The Labute approximate surface area is 191 Å². The highest BCUT2D eigenvalue weighted by molar-refractivity contribution is 7.12.